The van der Waals surface area contributed by atoms with Gasteiger partial charge < -0.3 is 19.8 Å². The van der Waals surface area contributed by atoms with Crippen molar-refractivity contribution < 1.29 is 14.3 Å². The molecular formula is C26H30N4O3. The van der Waals surface area contributed by atoms with Gasteiger partial charge in [-0.05, 0) is 42.2 Å². The molecule has 172 valence electrons. The third kappa shape index (κ3) is 4.62. The molecule has 7 heteroatoms. The summed E-state index contributed by atoms with van der Waals surface area (Å²) in [6, 6.07) is 15.5. The maximum absolute atomic E-state index is 13.1. The standard InChI is InChI=1S/C26H30N4O3/c1-4-17(5-2)16-33-26(31)22-23-25(29-21-9-7-6-8-20(21)28-23)30(24(22)27)15-14-18-10-12-19(32-3)13-11-18/h6-13,17H,4-5,14-16,27H2,1-3H3. The third-order valence-corrected chi connectivity index (χ3v) is 6.18. The quantitative estimate of drug-likeness (QED) is 0.363. The highest BCUT2D eigenvalue weighted by atomic mass is 16.5. The zero-order valence-electron chi connectivity index (χ0n) is 19.4. The van der Waals surface area contributed by atoms with E-state index in [1.807, 2.05) is 53.1 Å². The van der Waals surface area contributed by atoms with E-state index < -0.39 is 5.97 Å². The number of ether oxygens (including phenoxy) is 2. The Labute approximate surface area is 193 Å². The molecule has 0 saturated carbocycles. The van der Waals surface area contributed by atoms with Crippen LogP contribution in [0.3, 0.4) is 0 Å². The fourth-order valence-corrected chi connectivity index (χ4v) is 3.97. The lowest BCUT2D eigenvalue weighted by atomic mass is 10.1. The van der Waals surface area contributed by atoms with Crippen LogP contribution in [0.25, 0.3) is 22.2 Å². The molecule has 2 N–H and O–H groups in total. The van der Waals surface area contributed by atoms with Gasteiger partial charge in [-0.15, -0.1) is 0 Å². The Kier molecular flexibility index (Phi) is 6.77. The number of esters is 1. The molecule has 4 rings (SSSR count). The highest BCUT2D eigenvalue weighted by molar-refractivity contribution is 6.08. The van der Waals surface area contributed by atoms with Crippen LogP contribution >= 0.6 is 0 Å². The van der Waals surface area contributed by atoms with Crippen LogP contribution in [-0.4, -0.2) is 34.2 Å². The summed E-state index contributed by atoms with van der Waals surface area (Å²) in [5, 5.41) is 0. The van der Waals surface area contributed by atoms with Crippen molar-refractivity contribution in [3.8, 4) is 5.75 Å². The Morgan fingerprint density at radius 1 is 1.03 bits per heavy atom. The van der Waals surface area contributed by atoms with Crippen molar-refractivity contribution in [2.45, 2.75) is 39.7 Å². The number of nitrogens with zero attached hydrogens (tertiary/aromatic N) is 3. The van der Waals surface area contributed by atoms with Crippen LogP contribution in [0.1, 0.15) is 42.6 Å². The summed E-state index contributed by atoms with van der Waals surface area (Å²) in [4.78, 5) is 22.7. The van der Waals surface area contributed by atoms with Gasteiger partial charge in [0.15, 0.2) is 5.65 Å². The summed E-state index contributed by atoms with van der Waals surface area (Å²) < 4.78 is 12.8. The number of aromatic nitrogens is 3. The molecule has 2 aromatic carbocycles. The molecule has 0 aliphatic carbocycles. The van der Waals surface area contributed by atoms with Gasteiger partial charge in [0, 0.05) is 6.54 Å². The number of rotatable bonds is 9. The topological polar surface area (TPSA) is 92.3 Å². The molecule has 0 amide bonds. The number of anilines is 1. The minimum Gasteiger partial charge on any atom is -0.497 e. The number of aryl methyl sites for hydroxylation is 2. The predicted octanol–water partition coefficient (Wildman–Crippen LogP) is 5.01. The van der Waals surface area contributed by atoms with E-state index in [9.17, 15) is 4.79 Å². The van der Waals surface area contributed by atoms with Crippen LogP contribution in [0, 0.1) is 5.92 Å². The molecule has 2 heterocycles. The Morgan fingerprint density at radius 3 is 2.33 bits per heavy atom. The molecule has 0 aliphatic heterocycles. The van der Waals surface area contributed by atoms with Crippen LogP contribution in [0.5, 0.6) is 5.75 Å². The summed E-state index contributed by atoms with van der Waals surface area (Å²) in [6.45, 7) is 5.12. The summed E-state index contributed by atoms with van der Waals surface area (Å²) in [6.07, 6.45) is 2.62. The number of benzene rings is 2. The number of hydrogen-bond donors (Lipinski definition) is 1. The van der Waals surface area contributed by atoms with Crippen molar-refractivity contribution in [2.75, 3.05) is 19.5 Å². The fourth-order valence-electron chi connectivity index (χ4n) is 3.97. The van der Waals surface area contributed by atoms with Gasteiger partial charge in [0.1, 0.15) is 22.6 Å². The van der Waals surface area contributed by atoms with Gasteiger partial charge in [-0.3, -0.25) is 0 Å². The van der Waals surface area contributed by atoms with Crippen LogP contribution in [0.2, 0.25) is 0 Å². The first-order valence-corrected chi connectivity index (χ1v) is 11.4. The Balaban J connectivity index is 1.72. The van der Waals surface area contributed by atoms with Gasteiger partial charge in [-0.1, -0.05) is 51.0 Å². The molecule has 0 fully saturated rings. The van der Waals surface area contributed by atoms with E-state index in [2.05, 4.69) is 13.8 Å². The number of nitrogen functional groups attached to an aromatic ring is 1. The van der Waals surface area contributed by atoms with E-state index in [1.165, 1.54) is 0 Å². The SMILES string of the molecule is CCC(CC)COC(=O)c1c(N)n(CCc2ccc(OC)cc2)c2nc3ccccc3nc12. The van der Waals surface area contributed by atoms with E-state index in [4.69, 9.17) is 25.2 Å². The minimum absolute atomic E-state index is 0.295. The summed E-state index contributed by atoms with van der Waals surface area (Å²) in [7, 11) is 1.65. The minimum atomic E-state index is -0.447. The molecule has 0 bridgehead atoms. The molecule has 0 radical (unpaired) electrons. The first-order valence-electron chi connectivity index (χ1n) is 11.4. The largest absolute Gasteiger partial charge is 0.497 e. The summed E-state index contributed by atoms with van der Waals surface area (Å²) in [5.41, 5.74) is 10.5. The second-order valence-corrected chi connectivity index (χ2v) is 8.18. The molecule has 2 aromatic heterocycles. The lowest BCUT2D eigenvalue weighted by molar-refractivity contribution is 0.0436. The average Bonchev–Trinajstić information content (AvgIpc) is 3.12. The van der Waals surface area contributed by atoms with Gasteiger partial charge in [-0.2, -0.15) is 0 Å². The first-order chi connectivity index (χ1) is 16.0. The molecular weight excluding hydrogens is 416 g/mol. The molecule has 4 aromatic rings. The molecule has 0 saturated heterocycles. The summed E-state index contributed by atoms with van der Waals surface area (Å²) in [5.74, 6) is 1.02. The van der Waals surface area contributed by atoms with Crippen LogP contribution < -0.4 is 10.5 Å². The maximum atomic E-state index is 13.1. The van der Waals surface area contributed by atoms with Crippen molar-refractivity contribution in [3.05, 3.63) is 59.7 Å². The predicted molar refractivity (Wildman–Crippen MR) is 130 cm³/mol. The van der Waals surface area contributed by atoms with Crippen LogP contribution in [0.4, 0.5) is 5.82 Å². The number of nitrogens with two attached hydrogens (primary N) is 1. The van der Waals surface area contributed by atoms with Gasteiger partial charge in [-0.25, -0.2) is 14.8 Å². The van der Waals surface area contributed by atoms with Crippen molar-refractivity contribution in [2.24, 2.45) is 5.92 Å². The average molecular weight is 447 g/mol. The monoisotopic (exact) mass is 446 g/mol. The normalized spacial score (nSPS) is 11.4. The van der Waals surface area contributed by atoms with Gasteiger partial charge >= 0.3 is 5.97 Å². The van der Waals surface area contributed by atoms with Crippen LogP contribution in [-0.2, 0) is 17.7 Å². The van der Waals surface area contributed by atoms with E-state index in [1.54, 1.807) is 7.11 Å². The smallest absolute Gasteiger partial charge is 0.344 e. The second kappa shape index (κ2) is 9.90. The molecule has 0 unspecified atom stereocenters. The first kappa shape index (κ1) is 22.6. The van der Waals surface area contributed by atoms with E-state index >= 15 is 0 Å². The molecule has 33 heavy (non-hydrogen) atoms. The molecule has 7 nitrogen and oxygen atoms in total. The van der Waals surface area contributed by atoms with Crippen molar-refractivity contribution >= 4 is 34.0 Å². The van der Waals surface area contributed by atoms with Gasteiger partial charge in [0.2, 0.25) is 0 Å². The third-order valence-electron chi connectivity index (χ3n) is 6.18. The van der Waals surface area contributed by atoms with Gasteiger partial charge in [0.25, 0.3) is 0 Å². The van der Waals surface area contributed by atoms with E-state index in [0.29, 0.717) is 53.6 Å². The molecule has 0 spiro atoms. The summed E-state index contributed by atoms with van der Waals surface area (Å²) >= 11 is 0. The van der Waals surface area contributed by atoms with Crippen molar-refractivity contribution in [1.29, 1.82) is 0 Å². The second-order valence-electron chi connectivity index (χ2n) is 8.18. The Bertz CT molecular complexity index is 1260. The Hall–Kier alpha value is -3.61. The molecule has 0 aliphatic rings. The van der Waals surface area contributed by atoms with Crippen LogP contribution in [0.15, 0.2) is 48.5 Å². The van der Waals surface area contributed by atoms with E-state index in [-0.39, 0.29) is 0 Å². The highest BCUT2D eigenvalue weighted by Crippen LogP contribution is 2.29. The zero-order chi connectivity index (χ0) is 23.4. The lowest BCUT2D eigenvalue weighted by Crippen LogP contribution is -2.15. The van der Waals surface area contributed by atoms with E-state index in [0.717, 1.165) is 29.7 Å². The number of carbonyl (C=O) groups is 1. The zero-order valence-corrected chi connectivity index (χ0v) is 19.4. The number of fused-ring (bicyclic) bond motifs is 2. The van der Waals surface area contributed by atoms with Gasteiger partial charge in [0.05, 0.1) is 24.8 Å². The number of carbonyl (C=O) groups excluding carboxylic acids is 1. The maximum Gasteiger partial charge on any atom is 0.344 e. The number of para-hydroxylation sites is 2. The fraction of sp³-hybridized carbons (Fsp3) is 0.346. The lowest BCUT2D eigenvalue weighted by Gasteiger charge is -2.12. The number of hydrogen-bond acceptors (Lipinski definition) is 6. The highest BCUT2D eigenvalue weighted by Gasteiger charge is 2.25. The van der Waals surface area contributed by atoms with Crippen molar-refractivity contribution in [3.63, 3.8) is 0 Å². The Morgan fingerprint density at radius 2 is 1.70 bits per heavy atom. The van der Waals surface area contributed by atoms with Crippen molar-refractivity contribution in [1.82, 2.24) is 14.5 Å². The number of methoxy groups -OCH3 is 1. The molecule has 0 atom stereocenters.